The first-order valence-corrected chi connectivity index (χ1v) is 11.5. The van der Waals surface area contributed by atoms with E-state index in [1.165, 1.54) is 12.3 Å². The highest BCUT2D eigenvalue weighted by atomic mass is 19.3. The maximum atomic E-state index is 13.6. The molecule has 0 saturated carbocycles. The summed E-state index contributed by atoms with van der Waals surface area (Å²) in [7, 11) is 0. The minimum Gasteiger partial charge on any atom is -0.387 e. The van der Waals surface area contributed by atoms with Gasteiger partial charge in [0.25, 0.3) is 11.8 Å². The Morgan fingerprint density at radius 1 is 1.23 bits per heavy atom. The van der Waals surface area contributed by atoms with Crippen LogP contribution in [0.2, 0.25) is 0 Å². The molecule has 1 fully saturated rings. The second-order valence-electron chi connectivity index (χ2n) is 9.10. The van der Waals surface area contributed by atoms with Crippen molar-refractivity contribution in [1.29, 1.82) is 0 Å². The van der Waals surface area contributed by atoms with Gasteiger partial charge in [-0.15, -0.1) is 0 Å². The van der Waals surface area contributed by atoms with Crippen LogP contribution in [0, 0.1) is 6.92 Å². The number of carbonyl (C=O) groups excluding carboxylic acids is 1. The lowest BCUT2D eigenvalue weighted by molar-refractivity contribution is 0.0127. The number of aliphatic hydroxyl groups is 1. The summed E-state index contributed by atoms with van der Waals surface area (Å²) in [6, 6.07) is 10.1. The molecule has 2 aliphatic heterocycles. The van der Waals surface area contributed by atoms with Gasteiger partial charge < -0.3 is 20.1 Å². The van der Waals surface area contributed by atoms with Gasteiger partial charge in [-0.25, -0.2) is 0 Å². The number of halogens is 2. The van der Waals surface area contributed by atoms with Crippen molar-refractivity contribution in [3.8, 4) is 11.1 Å². The number of anilines is 2. The van der Waals surface area contributed by atoms with Gasteiger partial charge in [0.15, 0.2) is 0 Å². The minimum absolute atomic E-state index is 0.0986. The van der Waals surface area contributed by atoms with E-state index in [0.717, 1.165) is 41.9 Å². The molecule has 0 aliphatic carbocycles. The van der Waals surface area contributed by atoms with Crippen molar-refractivity contribution in [1.82, 2.24) is 9.97 Å². The van der Waals surface area contributed by atoms with Crippen LogP contribution in [-0.4, -0.2) is 46.8 Å². The Labute approximate surface area is 201 Å². The van der Waals surface area contributed by atoms with E-state index in [2.05, 4.69) is 20.2 Å². The molecule has 0 spiro atoms. The van der Waals surface area contributed by atoms with Gasteiger partial charge in [-0.3, -0.25) is 14.8 Å². The molecule has 9 heteroatoms. The van der Waals surface area contributed by atoms with Crippen LogP contribution >= 0.6 is 0 Å². The van der Waals surface area contributed by atoms with Crippen molar-refractivity contribution in [3.63, 3.8) is 0 Å². The Morgan fingerprint density at radius 2 is 2.06 bits per heavy atom. The standard InChI is InChI=1S/C26H26F2N4O3/c1-15-3-4-18(31-25(34)16-5-6-29-23(10-16)26(2,27)28)11-20(15)17-9-21-24(30-13-17)22(33)12-19-14-35-8-7-32(19)21/h3-6,9-11,13,19,22,33H,7-8,12,14H2,1-2H3,(H,31,34)/t19-,22+/m1/s1. The molecule has 1 saturated heterocycles. The number of benzene rings is 1. The van der Waals surface area contributed by atoms with E-state index in [1.807, 2.05) is 25.1 Å². The molecular formula is C26H26F2N4O3. The number of aryl methyl sites for hydroxylation is 1. The van der Waals surface area contributed by atoms with Gasteiger partial charge in [0.1, 0.15) is 11.8 Å². The molecule has 2 N–H and O–H groups in total. The number of amides is 1. The summed E-state index contributed by atoms with van der Waals surface area (Å²) in [5.74, 6) is -3.64. The Bertz CT molecular complexity index is 1280. The lowest BCUT2D eigenvalue weighted by Crippen LogP contribution is -2.49. The van der Waals surface area contributed by atoms with Crippen molar-refractivity contribution >= 4 is 17.3 Å². The number of fused-ring (bicyclic) bond motifs is 3. The van der Waals surface area contributed by atoms with Crippen molar-refractivity contribution in [2.45, 2.75) is 38.3 Å². The summed E-state index contributed by atoms with van der Waals surface area (Å²) in [5.41, 5.74) is 4.44. The molecule has 2 atom stereocenters. The number of morpholine rings is 1. The van der Waals surface area contributed by atoms with Gasteiger partial charge >= 0.3 is 0 Å². The molecule has 182 valence electrons. The molecule has 0 unspecified atom stereocenters. The number of nitrogens with zero attached hydrogens (tertiary/aromatic N) is 3. The maximum absolute atomic E-state index is 13.6. The normalized spacial score (nSPS) is 19.6. The lowest BCUT2D eigenvalue weighted by atomic mass is 9.94. The number of aromatic nitrogens is 2. The van der Waals surface area contributed by atoms with Gasteiger partial charge in [0.2, 0.25) is 0 Å². The van der Waals surface area contributed by atoms with Gasteiger partial charge in [-0.05, 0) is 48.4 Å². The number of ether oxygens (including phenoxy) is 1. The van der Waals surface area contributed by atoms with E-state index in [1.54, 1.807) is 12.3 Å². The molecule has 1 aromatic carbocycles. The molecule has 2 aliphatic rings. The summed E-state index contributed by atoms with van der Waals surface area (Å²) in [6.45, 7) is 4.63. The van der Waals surface area contributed by atoms with Crippen LogP contribution in [0.1, 0.15) is 46.8 Å². The molecule has 35 heavy (non-hydrogen) atoms. The van der Waals surface area contributed by atoms with Crippen LogP contribution in [0.15, 0.2) is 48.8 Å². The average Bonchev–Trinajstić information content (AvgIpc) is 2.84. The first-order chi connectivity index (χ1) is 16.7. The topological polar surface area (TPSA) is 87.6 Å². The molecule has 5 rings (SSSR count). The molecule has 0 bridgehead atoms. The Hall–Kier alpha value is -3.43. The van der Waals surface area contributed by atoms with E-state index in [-0.39, 0.29) is 11.6 Å². The number of alkyl halides is 2. The van der Waals surface area contributed by atoms with Crippen molar-refractivity contribution in [2.75, 3.05) is 30.0 Å². The third-order valence-corrected chi connectivity index (χ3v) is 6.52. The minimum atomic E-state index is -3.14. The van der Waals surface area contributed by atoms with Crippen LogP contribution in [0.5, 0.6) is 0 Å². The zero-order valence-corrected chi connectivity index (χ0v) is 19.5. The van der Waals surface area contributed by atoms with Crippen LogP contribution in [0.25, 0.3) is 11.1 Å². The predicted octanol–water partition coefficient (Wildman–Crippen LogP) is 4.46. The number of rotatable bonds is 4. The third-order valence-electron chi connectivity index (χ3n) is 6.52. The second kappa shape index (κ2) is 8.98. The highest BCUT2D eigenvalue weighted by Crippen LogP contribution is 2.39. The fraction of sp³-hybridized carbons (Fsp3) is 0.346. The fourth-order valence-corrected chi connectivity index (χ4v) is 4.66. The van der Waals surface area contributed by atoms with Gasteiger partial charge in [0, 0.05) is 49.1 Å². The first kappa shape index (κ1) is 23.3. The first-order valence-electron chi connectivity index (χ1n) is 11.5. The number of nitrogens with one attached hydrogen (secondary N) is 1. The van der Waals surface area contributed by atoms with Gasteiger partial charge in [-0.2, -0.15) is 8.78 Å². The van der Waals surface area contributed by atoms with Crippen LogP contribution in [0.3, 0.4) is 0 Å². The average molecular weight is 481 g/mol. The zero-order chi connectivity index (χ0) is 24.7. The molecule has 3 aromatic rings. The van der Waals surface area contributed by atoms with E-state index < -0.39 is 23.6 Å². The largest absolute Gasteiger partial charge is 0.387 e. The summed E-state index contributed by atoms with van der Waals surface area (Å²) < 4.78 is 32.9. The lowest BCUT2D eigenvalue weighted by Gasteiger charge is -2.43. The zero-order valence-electron chi connectivity index (χ0n) is 19.5. The fourth-order valence-electron chi connectivity index (χ4n) is 4.66. The van der Waals surface area contributed by atoms with Crippen LogP contribution in [0.4, 0.5) is 20.2 Å². The molecular weight excluding hydrogens is 454 g/mol. The molecule has 2 aromatic heterocycles. The van der Waals surface area contributed by atoms with Gasteiger partial charge in [0.05, 0.1) is 30.6 Å². The predicted molar refractivity (Wildman–Crippen MR) is 128 cm³/mol. The van der Waals surface area contributed by atoms with E-state index in [0.29, 0.717) is 31.0 Å². The highest BCUT2D eigenvalue weighted by Gasteiger charge is 2.35. The summed E-state index contributed by atoms with van der Waals surface area (Å²) in [6.07, 6.45) is 2.87. The Morgan fingerprint density at radius 3 is 2.86 bits per heavy atom. The van der Waals surface area contributed by atoms with Crippen molar-refractivity contribution in [3.05, 3.63) is 71.3 Å². The van der Waals surface area contributed by atoms with Crippen LogP contribution in [-0.2, 0) is 10.7 Å². The van der Waals surface area contributed by atoms with E-state index in [4.69, 9.17) is 4.74 Å². The molecule has 0 radical (unpaired) electrons. The number of hydrogen-bond donors (Lipinski definition) is 2. The maximum Gasteiger partial charge on any atom is 0.286 e. The highest BCUT2D eigenvalue weighted by molar-refractivity contribution is 6.04. The number of carbonyl (C=O) groups is 1. The monoisotopic (exact) mass is 480 g/mol. The molecule has 4 heterocycles. The number of hydrogen-bond acceptors (Lipinski definition) is 6. The number of aliphatic hydroxyl groups excluding tert-OH is 1. The van der Waals surface area contributed by atoms with Crippen molar-refractivity contribution < 1.29 is 23.4 Å². The third kappa shape index (κ3) is 4.61. The van der Waals surface area contributed by atoms with Crippen LogP contribution < -0.4 is 10.2 Å². The molecule has 1 amide bonds. The number of pyridine rings is 2. The van der Waals surface area contributed by atoms with E-state index >= 15 is 0 Å². The smallest absolute Gasteiger partial charge is 0.286 e. The Balaban J connectivity index is 1.44. The van der Waals surface area contributed by atoms with E-state index in [9.17, 15) is 18.7 Å². The van der Waals surface area contributed by atoms with Gasteiger partial charge in [-0.1, -0.05) is 6.07 Å². The second-order valence-corrected chi connectivity index (χ2v) is 9.10. The summed E-state index contributed by atoms with van der Waals surface area (Å²) >= 11 is 0. The Kier molecular flexibility index (Phi) is 5.98. The SMILES string of the molecule is Cc1ccc(NC(=O)c2ccnc(C(C)(F)F)c2)cc1-c1cnc2c(c1)N1CCOC[C@H]1C[C@@H]2O. The molecule has 7 nitrogen and oxygen atoms in total. The quantitative estimate of drug-likeness (QED) is 0.574. The van der Waals surface area contributed by atoms with Crippen molar-refractivity contribution in [2.24, 2.45) is 0 Å². The summed E-state index contributed by atoms with van der Waals surface area (Å²) in [4.78, 5) is 23.3. The summed E-state index contributed by atoms with van der Waals surface area (Å²) in [5, 5.41) is 13.4.